The third-order valence-corrected chi connectivity index (χ3v) is 3.58. The molecule has 0 aromatic carbocycles. The topological polar surface area (TPSA) is 18.5 Å². The number of rotatable bonds is 4. The second-order valence-electron chi connectivity index (χ2n) is 4.32. The van der Waals surface area contributed by atoms with Crippen LogP contribution in [0.4, 0.5) is 0 Å². The van der Waals surface area contributed by atoms with E-state index in [1.807, 2.05) is 6.92 Å². The average molecular weight is 233 g/mol. The van der Waals surface area contributed by atoms with Gasteiger partial charge in [-0.15, -0.1) is 11.6 Å². The van der Waals surface area contributed by atoms with E-state index in [2.05, 4.69) is 13.0 Å². The zero-order chi connectivity index (χ0) is 11.3. The molecule has 0 aromatic heterocycles. The smallest absolute Gasteiger partial charge is 0.0997 e. The van der Waals surface area contributed by atoms with Crippen molar-refractivity contribution in [3.63, 3.8) is 0 Å². The van der Waals surface area contributed by atoms with Crippen LogP contribution in [0.3, 0.4) is 0 Å². The maximum atomic E-state index is 5.94. The molecule has 3 atom stereocenters. The maximum Gasteiger partial charge on any atom is 0.0997 e. The summed E-state index contributed by atoms with van der Waals surface area (Å²) in [5.41, 5.74) is 1.28. The second-order valence-corrected chi connectivity index (χ2v) is 4.59. The van der Waals surface area contributed by atoms with E-state index in [0.717, 1.165) is 18.8 Å². The lowest BCUT2D eigenvalue weighted by molar-refractivity contribution is -0.318. The molecule has 2 unspecified atom stereocenters. The molecule has 1 saturated carbocycles. The molecule has 0 bridgehead atoms. The lowest BCUT2D eigenvalue weighted by Gasteiger charge is -2.34. The third kappa shape index (κ3) is 3.47. The van der Waals surface area contributed by atoms with Gasteiger partial charge in [0.15, 0.2) is 0 Å². The second kappa shape index (κ2) is 6.51. The summed E-state index contributed by atoms with van der Waals surface area (Å²) in [6, 6.07) is 0. The minimum atomic E-state index is 0.170. The Morgan fingerprint density at radius 2 is 2.20 bits per heavy atom. The standard InChI is InChI=1S/C12H21ClO2/c1-4-10(8-13)11-6-5-9(2)7-12(11)15-14-3/h4,9,11-12H,5-8H2,1-3H3/b10-4-/t9?,11-,12?/m1/s1. The Labute approximate surface area is 97.5 Å². The molecule has 0 radical (unpaired) electrons. The number of hydrogen-bond acceptors (Lipinski definition) is 2. The van der Waals surface area contributed by atoms with Gasteiger partial charge in [-0.25, -0.2) is 9.78 Å². The molecule has 2 nitrogen and oxygen atoms in total. The largest absolute Gasteiger partial charge is 0.240 e. The van der Waals surface area contributed by atoms with Gasteiger partial charge in [-0.2, -0.15) is 0 Å². The summed E-state index contributed by atoms with van der Waals surface area (Å²) in [5.74, 6) is 1.75. The zero-order valence-electron chi connectivity index (χ0n) is 9.83. The Morgan fingerprint density at radius 3 is 2.73 bits per heavy atom. The first-order valence-corrected chi connectivity index (χ1v) is 6.16. The molecule has 88 valence electrons. The van der Waals surface area contributed by atoms with Crippen LogP contribution in [0.1, 0.15) is 33.1 Å². The number of halogens is 1. The highest BCUT2D eigenvalue weighted by Crippen LogP contribution is 2.35. The lowest BCUT2D eigenvalue weighted by atomic mass is 9.77. The van der Waals surface area contributed by atoms with Crippen LogP contribution in [-0.4, -0.2) is 19.1 Å². The van der Waals surface area contributed by atoms with Crippen molar-refractivity contribution in [1.82, 2.24) is 0 Å². The van der Waals surface area contributed by atoms with Crippen molar-refractivity contribution in [3.8, 4) is 0 Å². The highest BCUT2D eigenvalue weighted by Gasteiger charge is 2.31. The van der Waals surface area contributed by atoms with Crippen LogP contribution < -0.4 is 0 Å². The number of alkyl halides is 1. The predicted octanol–water partition coefficient (Wildman–Crippen LogP) is 3.55. The molecule has 0 aromatic rings. The van der Waals surface area contributed by atoms with E-state index >= 15 is 0 Å². The first-order valence-electron chi connectivity index (χ1n) is 5.63. The van der Waals surface area contributed by atoms with Crippen LogP contribution in [0, 0.1) is 11.8 Å². The number of hydrogen-bond donors (Lipinski definition) is 0. The summed E-state index contributed by atoms with van der Waals surface area (Å²) >= 11 is 5.94. The van der Waals surface area contributed by atoms with Gasteiger partial charge >= 0.3 is 0 Å². The van der Waals surface area contributed by atoms with Gasteiger partial charge in [0.25, 0.3) is 0 Å². The summed E-state index contributed by atoms with van der Waals surface area (Å²) in [6.07, 6.45) is 5.75. The zero-order valence-corrected chi connectivity index (χ0v) is 10.6. The Kier molecular flexibility index (Phi) is 5.65. The molecule has 1 aliphatic rings. The van der Waals surface area contributed by atoms with Crippen molar-refractivity contribution in [2.45, 2.75) is 39.2 Å². The van der Waals surface area contributed by atoms with Crippen LogP contribution in [-0.2, 0) is 9.78 Å². The summed E-state index contributed by atoms with van der Waals surface area (Å²) < 4.78 is 0. The first-order chi connectivity index (χ1) is 7.22. The van der Waals surface area contributed by atoms with E-state index in [1.165, 1.54) is 12.0 Å². The minimum absolute atomic E-state index is 0.170. The van der Waals surface area contributed by atoms with E-state index < -0.39 is 0 Å². The normalized spacial score (nSPS) is 33.1. The van der Waals surface area contributed by atoms with Crippen LogP contribution in [0.5, 0.6) is 0 Å². The fraction of sp³-hybridized carbons (Fsp3) is 0.833. The summed E-state index contributed by atoms with van der Waals surface area (Å²) in [6.45, 7) is 4.30. The first kappa shape index (κ1) is 13.0. The van der Waals surface area contributed by atoms with E-state index in [0.29, 0.717) is 11.8 Å². The summed E-state index contributed by atoms with van der Waals surface area (Å²) in [5, 5.41) is 0. The van der Waals surface area contributed by atoms with Gasteiger partial charge in [-0.1, -0.05) is 18.6 Å². The van der Waals surface area contributed by atoms with Crippen LogP contribution in [0.25, 0.3) is 0 Å². The van der Waals surface area contributed by atoms with Gasteiger partial charge in [0, 0.05) is 11.8 Å². The van der Waals surface area contributed by atoms with Crippen molar-refractivity contribution in [3.05, 3.63) is 11.6 Å². The van der Waals surface area contributed by atoms with Gasteiger partial charge in [0.1, 0.15) is 0 Å². The van der Waals surface area contributed by atoms with Gasteiger partial charge < -0.3 is 0 Å². The molecule has 0 aliphatic heterocycles. The molecule has 0 saturated heterocycles. The molecule has 0 heterocycles. The van der Waals surface area contributed by atoms with Crippen molar-refractivity contribution >= 4 is 11.6 Å². The molecular weight excluding hydrogens is 212 g/mol. The highest BCUT2D eigenvalue weighted by molar-refractivity contribution is 6.19. The monoisotopic (exact) mass is 232 g/mol. The molecule has 15 heavy (non-hydrogen) atoms. The summed E-state index contributed by atoms with van der Waals surface area (Å²) in [7, 11) is 1.58. The fourth-order valence-corrected chi connectivity index (χ4v) is 2.73. The van der Waals surface area contributed by atoms with E-state index in [9.17, 15) is 0 Å². The molecule has 0 spiro atoms. The van der Waals surface area contributed by atoms with Crippen molar-refractivity contribution in [2.24, 2.45) is 11.8 Å². The Morgan fingerprint density at radius 1 is 1.47 bits per heavy atom. The average Bonchev–Trinajstić information content (AvgIpc) is 2.23. The fourth-order valence-electron chi connectivity index (χ4n) is 2.37. The Hall–Kier alpha value is -0.0500. The molecule has 0 amide bonds. The molecule has 1 rings (SSSR count). The summed E-state index contributed by atoms with van der Waals surface area (Å²) in [4.78, 5) is 10.2. The lowest BCUT2D eigenvalue weighted by Crippen LogP contribution is -2.32. The van der Waals surface area contributed by atoms with E-state index in [-0.39, 0.29) is 6.10 Å². The molecule has 1 fully saturated rings. The van der Waals surface area contributed by atoms with Crippen LogP contribution in [0.15, 0.2) is 11.6 Å². The predicted molar refractivity (Wildman–Crippen MR) is 62.9 cm³/mol. The number of allylic oxidation sites excluding steroid dienone is 1. The Balaban J connectivity index is 2.67. The minimum Gasteiger partial charge on any atom is -0.240 e. The van der Waals surface area contributed by atoms with Crippen molar-refractivity contribution in [1.29, 1.82) is 0 Å². The van der Waals surface area contributed by atoms with Crippen LogP contribution in [0.2, 0.25) is 0 Å². The van der Waals surface area contributed by atoms with Crippen molar-refractivity contribution in [2.75, 3.05) is 13.0 Å². The highest BCUT2D eigenvalue weighted by atomic mass is 35.5. The van der Waals surface area contributed by atoms with Gasteiger partial charge in [-0.3, -0.25) is 0 Å². The van der Waals surface area contributed by atoms with Gasteiger partial charge in [0.05, 0.1) is 13.2 Å². The molecular formula is C12H21ClO2. The molecule has 0 N–H and O–H groups in total. The molecule has 3 heteroatoms. The van der Waals surface area contributed by atoms with E-state index in [4.69, 9.17) is 21.4 Å². The van der Waals surface area contributed by atoms with Gasteiger partial charge in [0.2, 0.25) is 0 Å². The SMILES string of the molecule is C/C=C(/CCl)[C@H]1CCC(C)CC1OOC. The van der Waals surface area contributed by atoms with Crippen LogP contribution >= 0.6 is 11.6 Å². The Bertz CT molecular complexity index is 216. The van der Waals surface area contributed by atoms with Gasteiger partial charge in [-0.05, 0) is 32.1 Å². The molecule has 1 aliphatic carbocycles. The maximum absolute atomic E-state index is 5.94. The quantitative estimate of drug-likeness (QED) is 0.319. The van der Waals surface area contributed by atoms with E-state index in [1.54, 1.807) is 7.11 Å². The third-order valence-electron chi connectivity index (χ3n) is 3.28. The van der Waals surface area contributed by atoms with Crippen molar-refractivity contribution < 1.29 is 9.78 Å².